The summed E-state index contributed by atoms with van der Waals surface area (Å²) >= 11 is 1.45. The van der Waals surface area contributed by atoms with E-state index in [4.69, 9.17) is 19.2 Å². The summed E-state index contributed by atoms with van der Waals surface area (Å²) in [7, 11) is 2.97. The van der Waals surface area contributed by atoms with E-state index in [0.717, 1.165) is 35.9 Å². The standard InChI is InChI=1S/C24H29N3O5S/c1-4-18-21(23(29)31-3)22(17-9-5-6-10-19(17)30-2)27-15(14-33-24(27)26-18)12-20(28)25-13-16-8-7-11-32-16/h5-6,9-10,14,16,22H,4,7-8,11-13H2,1-3H3,(H,25,28)/t16-,22+/m0/s1. The second-order valence-corrected chi connectivity index (χ2v) is 8.79. The Morgan fingerprint density at radius 3 is 2.82 bits per heavy atom. The van der Waals surface area contributed by atoms with Crippen molar-refractivity contribution in [1.29, 1.82) is 0 Å². The predicted molar refractivity (Wildman–Crippen MR) is 127 cm³/mol. The Labute approximate surface area is 198 Å². The monoisotopic (exact) mass is 471 g/mol. The molecule has 1 fully saturated rings. The number of carbonyl (C=O) groups is 2. The first-order valence-electron chi connectivity index (χ1n) is 11.1. The normalized spacial score (nSPS) is 22.0. The molecule has 176 valence electrons. The van der Waals surface area contributed by atoms with Gasteiger partial charge in [-0.15, -0.1) is 0 Å². The molecular weight excluding hydrogens is 442 g/mol. The van der Waals surface area contributed by atoms with Crippen LogP contribution in [0.2, 0.25) is 0 Å². The number of amidine groups is 1. The van der Waals surface area contributed by atoms with Crippen molar-refractivity contribution in [3.63, 3.8) is 0 Å². The lowest BCUT2D eigenvalue weighted by atomic mass is 9.92. The highest BCUT2D eigenvalue weighted by molar-refractivity contribution is 8.16. The Morgan fingerprint density at radius 2 is 2.12 bits per heavy atom. The van der Waals surface area contributed by atoms with Crippen molar-refractivity contribution < 1.29 is 23.8 Å². The van der Waals surface area contributed by atoms with Crippen LogP contribution in [0.5, 0.6) is 5.75 Å². The molecular formula is C24H29N3O5S. The molecule has 2 atom stereocenters. The molecule has 1 amide bonds. The first-order valence-corrected chi connectivity index (χ1v) is 12.0. The number of methoxy groups -OCH3 is 2. The molecule has 0 aromatic heterocycles. The third kappa shape index (κ3) is 4.79. The average molecular weight is 472 g/mol. The lowest BCUT2D eigenvalue weighted by Gasteiger charge is -2.37. The molecule has 0 aliphatic carbocycles. The minimum atomic E-state index is -0.511. The van der Waals surface area contributed by atoms with Gasteiger partial charge in [-0.1, -0.05) is 36.9 Å². The third-order valence-electron chi connectivity index (χ3n) is 5.96. The molecule has 33 heavy (non-hydrogen) atoms. The van der Waals surface area contributed by atoms with E-state index in [1.807, 2.05) is 41.5 Å². The molecule has 3 aliphatic rings. The number of para-hydroxylation sites is 1. The summed E-state index contributed by atoms with van der Waals surface area (Å²) in [4.78, 5) is 32.4. The van der Waals surface area contributed by atoms with Gasteiger partial charge in [0.25, 0.3) is 0 Å². The van der Waals surface area contributed by atoms with Crippen molar-refractivity contribution in [1.82, 2.24) is 10.2 Å². The van der Waals surface area contributed by atoms with Gasteiger partial charge in [-0.05, 0) is 30.7 Å². The van der Waals surface area contributed by atoms with E-state index < -0.39 is 12.0 Å². The average Bonchev–Trinajstić information content (AvgIpc) is 3.51. The van der Waals surface area contributed by atoms with Crippen LogP contribution in [0, 0.1) is 0 Å². The number of hydrogen-bond acceptors (Lipinski definition) is 8. The molecule has 8 nitrogen and oxygen atoms in total. The number of allylic oxidation sites excluding steroid dienone is 1. The molecule has 0 radical (unpaired) electrons. The van der Waals surface area contributed by atoms with E-state index in [1.165, 1.54) is 18.9 Å². The van der Waals surface area contributed by atoms with Gasteiger partial charge in [0, 0.05) is 24.4 Å². The van der Waals surface area contributed by atoms with Crippen LogP contribution in [0.4, 0.5) is 0 Å². The van der Waals surface area contributed by atoms with Crippen LogP contribution >= 0.6 is 11.8 Å². The highest BCUT2D eigenvalue weighted by atomic mass is 32.2. The number of esters is 1. The first kappa shape index (κ1) is 23.4. The quantitative estimate of drug-likeness (QED) is 0.580. The molecule has 1 aromatic rings. The van der Waals surface area contributed by atoms with E-state index in [0.29, 0.717) is 30.0 Å². The van der Waals surface area contributed by atoms with Crippen molar-refractivity contribution in [3.05, 3.63) is 52.2 Å². The molecule has 3 heterocycles. The van der Waals surface area contributed by atoms with Gasteiger partial charge in [0.2, 0.25) is 5.91 Å². The lowest BCUT2D eigenvalue weighted by Crippen LogP contribution is -2.39. The van der Waals surface area contributed by atoms with Gasteiger partial charge in [0.05, 0.1) is 44.1 Å². The first-order chi connectivity index (χ1) is 16.1. The van der Waals surface area contributed by atoms with Crippen LogP contribution in [0.1, 0.15) is 44.2 Å². The summed E-state index contributed by atoms with van der Waals surface area (Å²) in [6.45, 7) is 3.21. The molecule has 9 heteroatoms. The highest BCUT2D eigenvalue weighted by Gasteiger charge is 2.42. The largest absolute Gasteiger partial charge is 0.496 e. The van der Waals surface area contributed by atoms with E-state index in [1.54, 1.807) is 7.11 Å². The maximum atomic E-state index is 13.0. The summed E-state index contributed by atoms with van der Waals surface area (Å²) in [5.74, 6) is 0.117. The lowest BCUT2D eigenvalue weighted by molar-refractivity contribution is -0.136. The van der Waals surface area contributed by atoms with Gasteiger partial charge in [0.15, 0.2) is 5.17 Å². The number of nitrogens with one attached hydrogen (secondary N) is 1. The van der Waals surface area contributed by atoms with Crippen LogP contribution in [-0.2, 0) is 19.1 Å². The molecule has 0 unspecified atom stereocenters. The third-order valence-corrected chi connectivity index (χ3v) is 6.84. The van der Waals surface area contributed by atoms with Crippen LogP contribution in [0.15, 0.2) is 51.6 Å². The number of aliphatic imine (C=N–C) groups is 1. The van der Waals surface area contributed by atoms with E-state index >= 15 is 0 Å². The molecule has 1 saturated heterocycles. The second-order valence-electron chi connectivity index (χ2n) is 7.96. The maximum Gasteiger partial charge on any atom is 0.338 e. The van der Waals surface area contributed by atoms with Crippen LogP contribution in [0.3, 0.4) is 0 Å². The molecule has 3 aliphatic heterocycles. The van der Waals surface area contributed by atoms with Crippen molar-refractivity contribution in [2.45, 2.75) is 44.8 Å². The van der Waals surface area contributed by atoms with Gasteiger partial charge in [-0.25, -0.2) is 9.79 Å². The number of fused-ring (bicyclic) bond motifs is 1. The fourth-order valence-corrected chi connectivity index (χ4v) is 5.30. The summed E-state index contributed by atoms with van der Waals surface area (Å²) in [6.07, 6.45) is 2.81. The molecule has 4 rings (SSSR count). The zero-order chi connectivity index (χ0) is 23.4. The van der Waals surface area contributed by atoms with Crippen molar-refractivity contribution >= 4 is 28.8 Å². The fourth-order valence-electron chi connectivity index (χ4n) is 4.36. The Kier molecular flexibility index (Phi) is 7.39. The number of hydrogen-bond donors (Lipinski definition) is 1. The number of benzene rings is 1. The summed E-state index contributed by atoms with van der Waals surface area (Å²) in [5.41, 5.74) is 2.72. The van der Waals surface area contributed by atoms with Crippen molar-refractivity contribution in [3.8, 4) is 5.75 Å². The van der Waals surface area contributed by atoms with Crippen LogP contribution in [-0.4, -0.2) is 55.4 Å². The Morgan fingerprint density at radius 1 is 1.30 bits per heavy atom. The molecule has 0 saturated carbocycles. The topological polar surface area (TPSA) is 89.5 Å². The van der Waals surface area contributed by atoms with Crippen LogP contribution < -0.4 is 10.1 Å². The summed E-state index contributed by atoms with van der Waals surface area (Å²) in [6, 6.07) is 7.08. The van der Waals surface area contributed by atoms with E-state index in [9.17, 15) is 9.59 Å². The minimum Gasteiger partial charge on any atom is -0.496 e. The highest BCUT2D eigenvalue weighted by Crippen LogP contribution is 2.47. The molecule has 1 aromatic carbocycles. The van der Waals surface area contributed by atoms with E-state index in [2.05, 4.69) is 5.32 Å². The number of nitrogens with zero attached hydrogens (tertiary/aromatic N) is 2. The summed E-state index contributed by atoms with van der Waals surface area (Å²) in [5, 5.41) is 5.64. The zero-order valence-corrected chi connectivity index (χ0v) is 19.9. The number of amides is 1. The van der Waals surface area contributed by atoms with Gasteiger partial charge in [0.1, 0.15) is 5.75 Å². The Bertz CT molecular complexity index is 1010. The number of rotatable bonds is 8. The molecule has 1 N–H and O–H groups in total. The fraction of sp³-hybridized carbons (Fsp3) is 0.458. The van der Waals surface area contributed by atoms with E-state index in [-0.39, 0.29) is 18.4 Å². The molecule has 0 spiro atoms. The SMILES string of the molecule is CCC1=C(C(=O)OC)[C@@H](c2ccccc2OC)N2C(CC(=O)NC[C@@H]3CCCO3)=CSC2=N1. The van der Waals surface area contributed by atoms with Gasteiger partial charge < -0.3 is 24.4 Å². The smallest absolute Gasteiger partial charge is 0.338 e. The Balaban J connectivity index is 1.66. The number of thioether (sulfide) groups is 1. The minimum absolute atomic E-state index is 0.0790. The number of carbonyl (C=O) groups excluding carboxylic acids is 2. The maximum absolute atomic E-state index is 13.0. The van der Waals surface area contributed by atoms with Crippen molar-refractivity contribution in [2.24, 2.45) is 4.99 Å². The zero-order valence-electron chi connectivity index (χ0n) is 19.1. The summed E-state index contributed by atoms with van der Waals surface area (Å²) < 4.78 is 16.4. The predicted octanol–water partition coefficient (Wildman–Crippen LogP) is 3.52. The van der Waals surface area contributed by atoms with Crippen LogP contribution in [0.25, 0.3) is 0 Å². The van der Waals surface area contributed by atoms with Gasteiger partial charge in [-0.3, -0.25) is 4.79 Å². The second kappa shape index (κ2) is 10.4. The number of ether oxygens (including phenoxy) is 3. The van der Waals surface area contributed by atoms with Gasteiger partial charge in [-0.2, -0.15) is 0 Å². The van der Waals surface area contributed by atoms with Crippen molar-refractivity contribution in [2.75, 3.05) is 27.4 Å². The molecule has 0 bridgehead atoms. The van der Waals surface area contributed by atoms with Gasteiger partial charge >= 0.3 is 5.97 Å². The Hall–Kier alpha value is -2.78.